The molecule has 0 saturated carbocycles. The standard InChI is InChI=1S/C25H20O6/c26-15-6-7-16-17(11-15)23(21-9-13-3-1-2-4-18(13)31-21)24(25(27)28)22(16)14-5-8-19-20(10-14)30-12-29-19/h1-8,10-11,21-24,26H,9,12H2,(H,27,28). The van der Waals surface area contributed by atoms with Gasteiger partial charge in [0.2, 0.25) is 6.79 Å². The lowest BCUT2D eigenvalue weighted by Crippen LogP contribution is -2.33. The SMILES string of the molecule is O=C(O)C1C(c2ccc3c(c2)OCO3)c2ccc(O)cc2C1C1Cc2ccccc2O1. The smallest absolute Gasteiger partial charge is 0.308 e. The van der Waals surface area contributed by atoms with Crippen LogP contribution in [0.2, 0.25) is 0 Å². The summed E-state index contributed by atoms with van der Waals surface area (Å²) in [4.78, 5) is 12.6. The molecule has 0 aromatic heterocycles. The number of para-hydroxylation sites is 1. The molecule has 0 spiro atoms. The van der Waals surface area contributed by atoms with E-state index in [1.54, 1.807) is 12.1 Å². The highest BCUT2D eigenvalue weighted by Crippen LogP contribution is 2.55. The normalized spacial score (nSPS) is 25.0. The zero-order valence-corrected chi connectivity index (χ0v) is 16.5. The predicted octanol–water partition coefficient (Wildman–Crippen LogP) is 4.05. The van der Waals surface area contributed by atoms with Crippen LogP contribution in [0.1, 0.15) is 34.1 Å². The van der Waals surface area contributed by atoms with Gasteiger partial charge in [-0.2, -0.15) is 0 Å². The molecule has 6 rings (SSSR count). The first-order valence-corrected chi connectivity index (χ1v) is 10.3. The number of phenols is 1. The first kappa shape index (κ1) is 18.1. The van der Waals surface area contributed by atoms with Crippen LogP contribution in [-0.4, -0.2) is 29.1 Å². The van der Waals surface area contributed by atoms with E-state index in [0.717, 1.165) is 28.0 Å². The second-order valence-electron chi connectivity index (χ2n) is 8.26. The highest BCUT2D eigenvalue weighted by Gasteiger charge is 2.51. The highest BCUT2D eigenvalue weighted by atomic mass is 16.7. The summed E-state index contributed by atoms with van der Waals surface area (Å²) in [5, 5.41) is 20.6. The second kappa shape index (κ2) is 6.67. The summed E-state index contributed by atoms with van der Waals surface area (Å²) in [6.07, 6.45) is 0.311. The number of carbonyl (C=O) groups is 1. The Bertz CT molecular complexity index is 1180. The van der Waals surface area contributed by atoms with Crippen molar-refractivity contribution in [2.24, 2.45) is 5.92 Å². The second-order valence-corrected chi connectivity index (χ2v) is 8.26. The Labute approximate surface area is 178 Å². The number of aromatic hydroxyl groups is 1. The fraction of sp³-hybridized carbons (Fsp3) is 0.240. The van der Waals surface area contributed by atoms with Crippen LogP contribution in [0.4, 0.5) is 0 Å². The Balaban J connectivity index is 1.48. The number of ether oxygens (including phenoxy) is 3. The Morgan fingerprint density at radius 2 is 1.74 bits per heavy atom. The molecule has 2 aliphatic heterocycles. The van der Waals surface area contributed by atoms with Crippen molar-refractivity contribution in [3.05, 3.63) is 82.9 Å². The van der Waals surface area contributed by atoms with Crippen molar-refractivity contribution in [1.29, 1.82) is 0 Å². The van der Waals surface area contributed by atoms with E-state index >= 15 is 0 Å². The first-order chi connectivity index (χ1) is 15.1. The molecule has 1 aliphatic carbocycles. The minimum absolute atomic E-state index is 0.120. The maximum atomic E-state index is 12.6. The summed E-state index contributed by atoms with van der Waals surface area (Å²) >= 11 is 0. The largest absolute Gasteiger partial charge is 0.508 e. The summed E-state index contributed by atoms with van der Waals surface area (Å²) in [7, 11) is 0. The number of carboxylic acid groups (broad SMARTS) is 1. The molecule has 0 saturated heterocycles. The van der Waals surface area contributed by atoms with E-state index in [9.17, 15) is 15.0 Å². The molecule has 4 atom stereocenters. The van der Waals surface area contributed by atoms with Crippen LogP contribution >= 0.6 is 0 Å². The van der Waals surface area contributed by atoms with Crippen molar-refractivity contribution in [2.75, 3.05) is 6.79 Å². The molecule has 156 valence electrons. The van der Waals surface area contributed by atoms with Crippen LogP contribution in [0.3, 0.4) is 0 Å². The van der Waals surface area contributed by atoms with Gasteiger partial charge in [0.1, 0.15) is 17.6 Å². The minimum atomic E-state index is -0.886. The average Bonchev–Trinajstić information content (AvgIpc) is 3.47. The number of phenolic OH excluding ortho intramolecular Hbond substituents is 1. The fourth-order valence-corrected chi connectivity index (χ4v) is 5.36. The van der Waals surface area contributed by atoms with Crippen LogP contribution < -0.4 is 14.2 Å². The molecule has 2 heterocycles. The molecule has 3 aromatic rings. The summed E-state index contributed by atoms with van der Waals surface area (Å²) in [6, 6.07) is 18.5. The third-order valence-electron chi connectivity index (χ3n) is 6.62. The third-order valence-corrected chi connectivity index (χ3v) is 6.62. The molecule has 3 aliphatic rings. The number of rotatable bonds is 3. The van der Waals surface area contributed by atoms with Gasteiger partial charge in [-0.1, -0.05) is 30.3 Å². The van der Waals surface area contributed by atoms with E-state index in [1.807, 2.05) is 48.5 Å². The zero-order chi connectivity index (χ0) is 21.1. The van der Waals surface area contributed by atoms with Crippen molar-refractivity contribution in [1.82, 2.24) is 0 Å². The molecule has 0 amide bonds. The molecule has 0 fully saturated rings. The van der Waals surface area contributed by atoms with E-state index in [-0.39, 0.29) is 24.6 Å². The van der Waals surface area contributed by atoms with Crippen LogP contribution in [0.5, 0.6) is 23.0 Å². The molecule has 2 N–H and O–H groups in total. The predicted molar refractivity (Wildman–Crippen MR) is 111 cm³/mol. The number of hydrogen-bond donors (Lipinski definition) is 2. The van der Waals surface area contributed by atoms with Gasteiger partial charge < -0.3 is 24.4 Å². The summed E-state index contributed by atoms with van der Waals surface area (Å²) in [6.45, 7) is 0.160. The van der Waals surface area contributed by atoms with E-state index in [2.05, 4.69) is 0 Å². The third kappa shape index (κ3) is 2.75. The van der Waals surface area contributed by atoms with E-state index in [0.29, 0.717) is 17.9 Å². The number of benzene rings is 3. The molecular formula is C25H20O6. The molecular weight excluding hydrogens is 396 g/mol. The van der Waals surface area contributed by atoms with Gasteiger partial charge in [0.25, 0.3) is 0 Å². The Kier molecular flexibility index (Phi) is 3.90. The van der Waals surface area contributed by atoms with Crippen molar-refractivity contribution in [3.8, 4) is 23.0 Å². The summed E-state index contributed by atoms with van der Waals surface area (Å²) in [5.41, 5.74) is 3.65. The Hall–Kier alpha value is -3.67. The molecule has 6 heteroatoms. The Morgan fingerprint density at radius 1 is 0.903 bits per heavy atom. The molecule has 4 unspecified atom stereocenters. The topological polar surface area (TPSA) is 85.2 Å². The molecule has 0 bridgehead atoms. The van der Waals surface area contributed by atoms with Crippen molar-refractivity contribution < 1.29 is 29.2 Å². The molecule has 3 aromatic carbocycles. The number of hydrogen-bond acceptors (Lipinski definition) is 5. The van der Waals surface area contributed by atoms with Gasteiger partial charge in [-0.15, -0.1) is 0 Å². The maximum Gasteiger partial charge on any atom is 0.308 e. The zero-order valence-electron chi connectivity index (χ0n) is 16.5. The average molecular weight is 416 g/mol. The van der Waals surface area contributed by atoms with Gasteiger partial charge in [-0.25, -0.2) is 0 Å². The lowest BCUT2D eigenvalue weighted by atomic mass is 9.79. The van der Waals surface area contributed by atoms with Crippen molar-refractivity contribution >= 4 is 5.97 Å². The summed E-state index contributed by atoms with van der Waals surface area (Å²) < 4.78 is 17.2. The van der Waals surface area contributed by atoms with Gasteiger partial charge in [0.05, 0.1) is 5.92 Å². The van der Waals surface area contributed by atoms with Crippen LogP contribution in [0.25, 0.3) is 0 Å². The molecule has 6 nitrogen and oxygen atoms in total. The van der Waals surface area contributed by atoms with Crippen molar-refractivity contribution in [2.45, 2.75) is 24.4 Å². The van der Waals surface area contributed by atoms with E-state index in [1.165, 1.54) is 0 Å². The Morgan fingerprint density at radius 3 is 2.58 bits per heavy atom. The van der Waals surface area contributed by atoms with Crippen LogP contribution in [0, 0.1) is 5.92 Å². The highest BCUT2D eigenvalue weighted by molar-refractivity contribution is 5.77. The summed E-state index contributed by atoms with van der Waals surface area (Å²) in [5.74, 6) is -0.220. The van der Waals surface area contributed by atoms with Crippen LogP contribution in [0.15, 0.2) is 60.7 Å². The van der Waals surface area contributed by atoms with Gasteiger partial charge in [-0.3, -0.25) is 4.79 Å². The molecule has 31 heavy (non-hydrogen) atoms. The van der Waals surface area contributed by atoms with Gasteiger partial charge in [0, 0.05) is 18.3 Å². The van der Waals surface area contributed by atoms with Gasteiger partial charge >= 0.3 is 5.97 Å². The van der Waals surface area contributed by atoms with E-state index < -0.39 is 17.8 Å². The first-order valence-electron chi connectivity index (χ1n) is 10.3. The maximum absolute atomic E-state index is 12.6. The monoisotopic (exact) mass is 416 g/mol. The minimum Gasteiger partial charge on any atom is -0.508 e. The lowest BCUT2D eigenvalue weighted by molar-refractivity contribution is -0.143. The quantitative estimate of drug-likeness (QED) is 0.670. The van der Waals surface area contributed by atoms with E-state index in [4.69, 9.17) is 14.2 Å². The lowest BCUT2D eigenvalue weighted by Gasteiger charge is -2.26. The number of aliphatic carboxylic acids is 1. The van der Waals surface area contributed by atoms with Crippen molar-refractivity contribution in [3.63, 3.8) is 0 Å². The van der Waals surface area contributed by atoms with Gasteiger partial charge in [-0.05, 0) is 52.6 Å². The number of fused-ring (bicyclic) bond motifs is 3. The number of carboxylic acids is 1. The fourth-order valence-electron chi connectivity index (χ4n) is 5.36. The molecule has 0 radical (unpaired) electrons. The van der Waals surface area contributed by atoms with Gasteiger partial charge in [0.15, 0.2) is 11.5 Å². The van der Waals surface area contributed by atoms with Crippen LogP contribution in [-0.2, 0) is 11.2 Å².